The molecule has 2 aliphatic heterocycles. The lowest BCUT2D eigenvalue weighted by Crippen LogP contribution is -2.37. The third kappa shape index (κ3) is 3.40. The molecular weight excluding hydrogens is 453 g/mol. The first kappa shape index (κ1) is 21.7. The predicted molar refractivity (Wildman–Crippen MR) is 112 cm³/mol. The number of anilines is 1. The SMILES string of the molecule is O=C(O)N1CCc2c(c(N3C(=O)c4ccccc4C3=O)nn2Cc2ccccc2C(F)(F)F)C1. The monoisotopic (exact) mass is 470 g/mol. The summed E-state index contributed by atoms with van der Waals surface area (Å²) in [5.41, 5.74) is 0.335. The summed E-state index contributed by atoms with van der Waals surface area (Å²) in [5.74, 6) is -1.29. The van der Waals surface area contributed by atoms with Crippen LogP contribution in [-0.2, 0) is 25.7 Å². The average molecular weight is 470 g/mol. The van der Waals surface area contributed by atoms with Gasteiger partial charge in [0.25, 0.3) is 11.8 Å². The lowest BCUT2D eigenvalue weighted by molar-refractivity contribution is -0.138. The first-order chi connectivity index (χ1) is 16.2. The minimum absolute atomic E-state index is 0.0325. The molecule has 3 amide bonds. The molecule has 0 saturated heterocycles. The summed E-state index contributed by atoms with van der Waals surface area (Å²) >= 11 is 0. The molecule has 34 heavy (non-hydrogen) atoms. The number of carbonyl (C=O) groups excluding carboxylic acids is 2. The van der Waals surface area contributed by atoms with Gasteiger partial charge in [-0.1, -0.05) is 30.3 Å². The molecule has 0 spiro atoms. The van der Waals surface area contributed by atoms with E-state index in [0.717, 1.165) is 15.9 Å². The maximum atomic E-state index is 13.5. The fourth-order valence-corrected chi connectivity index (χ4v) is 4.42. The zero-order chi connectivity index (χ0) is 24.2. The highest BCUT2D eigenvalue weighted by molar-refractivity contribution is 6.34. The normalized spacial score (nSPS) is 15.5. The van der Waals surface area contributed by atoms with Crippen LogP contribution in [0.4, 0.5) is 23.8 Å². The van der Waals surface area contributed by atoms with E-state index in [1.165, 1.54) is 35.0 Å². The summed E-state index contributed by atoms with van der Waals surface area (Å²) in [5, 5.41) is 13.8. The van der Waals surface area contributed by atoms with E-state index in [1.807, 2.05) is 0 Å². The van der Waals surface area contributed by atoms with Gasteiger partial charge < -0.3 is 10.0 Å². The number of rotatable bonds is 3. The van der Waals surface area contributed by atoms with Crippen LogP contribution < -0.4 is 4.90 Å². The lowest BCUT2D eigenvalue weighted by Gasteiger charge is -2.26. The highest BCUT2D eigenvalue weighted by Crippen LogP contribution is 2.36. The second kappa shape index (κ2) is 7.72. The largest absolute Gasteiger partial charge is 0.465 e. The van der Waals surface area contributed by atoms with Gasteiger partial charge >= 0.3 is 12.3 Å². The van der Waals surface area contributed by atoms with Crippen LogP contribution >= 0.6 is 0 Å². The first-order valence-electron chi connectivity index (χ1n) is 10.4. The number of imide groups is 1. The molecule has 0 saturated carbocycles. The minimum Gasteiger partial charge on any atom is -0.465 e. The quantitative estimate of drug-likeness (QED) is 0.588. The second-order valence-electron chi connectivity index (χ2n) is 8.01. The molecule has 2 aromatic carbocycles. The Labute approximate surface area is 190 Å². The van der Waals surface area contributed by atoms with Crippen LogP contribution in [0, 0.1) is 0 Å². The van der Waals surface area contributed by atoms with Gasteiger partial charge in [0.05, 0.1) is 29.8 Å². The van der Waals surface area contributed by atoms with Gasteiger partial charge in [-0.2, -0.15) is 18.3 Å². The zero-order valence-corrected chi connectivity index (χ0v) is 17.5. The van der Waals surface area contributed by atoms with Gasteiger partial charge in [0, 0.05) is 24.2 Å². The third-order valence-electron chi connectivity index (χ3n) is 6.03. The predicted octanol–water partition coefficient (Wildman–Crippen LogP) is 3.79. The van der Waals surface area contributed by atoms with Crippen LogP contribution in [0.3, 0.4) is 0 Å². The molecule has 5 rings (SSSR count). The van der Waals surface area contributed by atoms with Crippen molar-refractivity contribution in [2.75, 3.05) is 11.4 Å². The van der Waals surface area contributed by atoms with Crippen molar-refractivity contribution in [3.63, 3.8) is 0 Å². The molecule has 3 heterocycles. The smallest absolute Gasteiger partial charge is 0.416 e. The van der Waals surface area contributed by atoms with Gasteiger partial charge in [0.2, 0.25) is 0 Å². The van der Waals surface area contributed by atoms with Gasteiger partial charge in [-0.25, -0.2) is 9.69 Å². The number of hydrogen-bond donors (Lipinski definition) is 1. The van der Waals surface area contributed by atoms with Crippen molar-refractivity contribution in [3.8, 4) is 0 Å². The Hall–Kier alpha value is -4.15. The Morgan fingerprint density at radius 2 is 1.62 bits per heavy atom. The highest BCUT2D eigenvalue weighted by Gasteiger charge is 2.41. The van der Waals surface area contributed by atoms with Gasteiger partial charge in [0.1, 0.15) is 0 Å². The Kier molecular flexibility index (Phi) is 4.92. The summed E-state index contributed by atoms with van der Waals surface area (Å²) < 4.78 is 41.9. The molecule has 0 bridgehead atoms. The van der Waals surface area contributed by atoms with E-state index in [2.05, 4.69) is 5.10 Å². The average Bonchev–Trinajstić information content (AvgIpc) is 3.27. The van der Waals surface area contributed by atoms with E-state index in [0.29, 0.717) is 11.3 Å². The molecule has 0 atom stereocenters. The maximum absolute atomic E-state index is 13.5. The third-order valence-corrected chi connectivity index (χ3v) is 6.03. The maximum Gasteiger partial charge on any atom is 0.416 e. The van der Waals surface area contributed by atoms with Gasteiger partial charge in [-0.3, -0.25) is 14.3 Å². The van der Waals surface area contributed by atoms with Crippen LogP contribution in [0.1, 0.15) is 43.1 Å². The zero-order valence-electron chi connectivity index (χ0n) is 17.5. The van der Waals surface area contributed by atoms with E-state index in [4.69, 9.17) is 0 Å². The van der Waals surface area contributed by atoms with Crippen LogP contribution in [0.2, 0.25) is 0 Å². The first-order valence-corrected chi connectivity index (χ1v) is 10.4. The van der Waals surface area contributed by atoms with Crippen LogP contribution in [-0.4, -0.2) is 44.2 Å². The number of aromatic nitrogens is 2. The molecule has 2 aliphatic rings. The Balaban J connectivity index is 1.62. The minimum atomic E-state index is -4.57. The fourth-order valence-electron chi connectivity index (χ4n) is 4.42. The van der Waals surface area contributed by atoms with Crippen LogP contribution in [0.5, 0.6) is 0 Å². The summed E-state index contributed by atoms with van der Waals surface area (Å²) in [7, 11) is 0. The number of nitrogens with zero attached hydrogens (tertiary/aromatic N) is 4. The lowest BCUT2D eigenvalue weighted by atomic mass is 10.1. The Bertz CT molecular complexity index is 1310. The molecule has 0 aliphatic carbocycles. The summed E-state index contributed by atoms with van der Waals surface area (Å²) in [6.45, 7) is -0.293. The Morgan fingerprint density at radius 1 is 1.00 bits per heavy atom. The molecule has 1 N–H and O–H groups in total. The molecule has 174 valence electrons. The van der Waals surface area contributed by atoms with E-state index in [9.17, 15) is 32.7 Å². The molecule has 11 heteroatoms. The van der Waals surface area contributed by atoms with Crippen molar-refractivity contribution < 1.29 is 32.7 Å². The van der Waals surface area contributed by atoms with Gasteiger partial charge in [-0.05, 0) is 23.8 Å². The second-order valence-corrected chi connectivity index (χ2v) is 8.01. The van der Waals surface area contributed by atoms with Gasteiger partial charge in [0.15, 0.2) is 5.82 Å². The molecule has 0 unspecified atom stereocenters. The topological polar surface area (TPSA) is 95.7 Å². The van der Waals surface area contributed by atoms with E-state index >= 15 is 0 Å². The molecule has 0 fully saturated rings. The van der Waals surface area contributed by atoms with E-state index in [-0.39, 0.29) is 48.6 Å². The number of carbonyl (C=O) groups is 3. The number of hydrogen-bond acceptors (Lipinski definition) is 4. The Morgan fingerprint density at radius 3 is 2.24 bits per heavy atom. The number of halogens is 3. The molecular formula is C23H17F3N4O4. The highest BCUT2D eigenvalue weighted by atomic mass is 19.4. The summed E-state index contributed by atoms with van der Waals surface area (Å²) in [6.07, 6.45) is -5.59. The standard InChI is InChI=1S/C23H17F3N4O4/c24-23(25,26)17-8-4-1-5-13(17)11-29-18-9-10-28(22(33)34)12-16(18)19(27-29)30-20(31)14-6-2-3-7-15(14)21(30)32/h1-8H,9-12H2,(H,33,34). The van der Waals surface area contributed by atoms with Crippen molar-refractivity contribution in [2.24, 2.45) is 0 Å². The number of fused-ring (bicyclic) bond motifs is 2. The molecule has 3 aromatic rings. The molecule has 8 nitrogen and oxygen atoms in total. The van der Waals surface area contributed by atoms with Crippen molar-refractivity contribution >= 4 is 23.7 Å². The number of carboxylic acid groups (broad SMARTS) is 1. The van der Waals surface area contributed by atoms with Gasteiger partial charge in [-0.15, -0.1) is 0 Å². The molecule has 0 radical (unpaired) electrons. The number of benzene rings is 2. The van der Waals surface area contributed by atoms with Crippen LogP contribution in [0.15, 0.2) is 48.5 Å². The van der Waals surface area contributed by atoms with Crippen LogP contribution in [0.25, 0.3) is 0 Å². The fraction of sp³-hybridized carbons (Fsp3) is 0.217. The van der Waals surface area contributed by atoms with E-state index < -0.39 is 29.6 Å². The van der Waals surface area contributed by atoms with Crippen molar-refractivity contribution in [1.29, 1.82) is 0 Å². The van der Waals surface area contributed by atoms with Crippen molar-refractivity contribution in [1.82, 2.24) is 14.7 Å². The summed E-state index contributed by atoms with van der Waals surface area (Å²) in [4.78, 5) is 39.6. The number of alkyl halides is 3. The van der Waals surface area contributed by atoms with Crippen molar-refractivity contribution in [2.45, 2.75) is 25.7 Å². The summed E-state index contributed by atoms with van der Waals surface area (Å²) in [6, 6.07) is 11.3. The molecule has 1 aromatic heterocycles. The van der Waals surface area contributed by atoms with E-state index in [1.54, 1.807) is 12.1 Å². The number of amides is 3. The van der Waals surface area contributed by atoms with Crippen molar-refractivity contribution in [3.05, 3.63) is 82.0 Å².